The molecule has 2 atom stereocenters. The Kier molecular flexibility index (Phi) is 12.1. The summed E-state index contributed by atoms with van der Waals surface area (Å²) in [6, 6.07) is 27.6. The molecule has 1 N–H and O–H groups in total. The molecule has 0 bridgehead atoms. The van der Waals surface area contributed by atoms with Crippen molar-refractivity contribution in [2.24, 2.45) is 0 Å². The number of carbonyl (C=O) groups excluding carboxylic acids is 2. The van der Waals surface area contributed by atoms with Gasteiger partial charge in [-0.15, -0.1) is 0 Å². The molecular formula is C35H37Cl2N3O5S. The number of ether oxygens (including phenoxy) is 1. The van der Waals surface area contributed by atoms with Crippen LogP contribution in [0.15, 0.2) is 108 Å². The summed E-state index contributed by atoms with van der Waals surface area (Å²) in [5.41, 5.74) is 1.63. The molecule has 0 aliphatic carbocycles. The number of anilines is 1. The number of para-hydroxylation sites is 2. The van der Waals surface area contributed by atoms with Crippen molar-refractivity contribution >= 4 is 50.7 Å². The smallest absolute Gasteiger partial charge is 0.264 e. The van der Waals surface area contributed by atoms with Crippen LogP contribution in [0.3, 0.4) is 0 Å². The number of hydrogen-bond acceptors (Lipinski definition) is 5. The Bertz CT molecular complexity index is 1740. The highest BCUT2D eigenvalue weighted by molar-refractivity contribution is 7.92. The van der Waals surface area contributed by atoms with Gasteiger partial charge in [0.2, 0.25) is 11.8 Å². The predicted octanol–water partition coefficient (Wildman–Crippen LogP) is 6.75. The first kappa shape index (κ1) is 34.8. The van der Waals surface area contributed by atoms with Crippen LogP contribution in [0.1, 0.15) is 31.4 Å². The number of hydrogen-bond donors (Lipinski definition) is 1. The number of carbonyl (C=O) groups is 2. The van der Waals surface area contributed by atoms with Crippen molar-refractivity contribution in [2.75, 3.05) is 18.0 Å². The van der Waals surface area contributed by atoms with Gasteiger partial charge in [-0.3, -0.25) is 13.9 Å². The number of methoxy groups -OCH3 is 1. The monoisotopic (exact) mass is 681 g/mol. The van der Waals surface area contributed by atoms with Crippen molar-refractivity contribution in [3.8, 4) is 5.75 Å². The second kappa shape index (κ2) is 16.0. The average molecular weight is 683 g/mol. The highest BCUT2D eigenvalue weighted by Crippen LogP contribution is 2.33. The molecule has 8 nitrogen and oxygen atoms in total. The van der Waals surface area contributed by atoms with E-state index in [4.69, 9.17) is 27.9 Å². The second-order valence-electron chi connectivity index (χ2n) is 10.8. The topological polar surface area (TPSA) is 96.0 Å². The molecule has 0 heterocycles. The van der Waals surface area contributed by atoms with Gasteiger partial charge in [0.05, 0.1) is 27.7 Å². The molecule has 2 amide bonds. The molecule has 11 heteroatoms. The quantitative estimate of drug-likeness (QED) is 0.159. The maximum atomic E-state index is 14.6. The van der Waals surface area contributed by atoms with E-state index in [1.165, 1.54) is 24.1 Å². The first-order chi connectivity index (χ1) is 22.0. The zero-order chi connectivity index (χ0) is 33.3. The molecule has 0 spiro atoms. The van der Waals surface area contributed by atoms with Gasteiger partial charge in [0.1, 0.15) is 18.3 Å². The zero-order valence-electron chi connectivity index (χ0n) is 25.9. The number of amides is 2. The zero-order valence-corrected chi connectivity index (χ0v) is 28.2. The lowest BCUT2D eigenvalue weighted by atomic mass is 10.0. The fraction of sp³-hybridized carbons (Fsp3) is 0.257. The van der Waals surface area contributed by atoms with Gasteiger partial charge in [-0.2, -0.15) is 0 Å². The van der Waals surface area contributed by atoms with Gasteiger partial charge < -0.3 is 15.0 Å². The number of sulfonamides is 1. The second-order valence-corrected chi connectivity index (χ2v) is 13.5. The Hall–Kier alpha value is -4.05. The molecule has 0 unspecified atom stereocenters. The third-order valence-corrected chi connectivity index (χ3v) is 10.1. The van der Waals surface area contributed by atoms with Crippen LogP contribution < -0.4 is 14.4 Å². The minimum absolute atomic E-state index is 0.0000818. The van der Waals surface area contributed by atoms with Crippen LogP contribution in [-0.4, -0.2) is 50.9 Å². The summed E-state index contributed by atoms with van der Waals surface area (Å²) in [5, 5.41) is 3.65. The molecule has 0 aromatic heterocycles. The van der Waals surface area contributed by atoms with Crippen LogP contribution in [0.4, 0.5) is 5.69 Å². The lowest BCUT2D eigenvalue weighted by molar-refractivity contribution is -0.140. The van der Waals surface area contributed by atoms with Gasteiger partial charge in [-0.05, 0) is 60.9 Å². The Morgan fingerprint density at radius 2 is 1.48 bits per heavy atom. The van der Waals surface area contributed by atoms with E-state index in [0.29, 0.717) is 17.0 Å². The maximum absolute atomic E-state index is 14.6. The van der Waals surface area contributed by atoms with Gasteiger partial charge in [0.25, 0.3) is 10.0 Å². The van der Waals surface area contributed by atoms with Crippen molar-refractivity contribution in [1.29, 1.82) is 0 Å². The summed E-state index contributed by atoms with van der Waals surface area (Å²) in [4.78, 5) is 29.9. The fourth-order valence-corrected chi connectivity index (χ4v) is 6.66. The number of nitrogens with zero attached hydrogens (tertiary/aromatic N) is 2. The molecule has 0 saturated carbocycles. The van der Waals surface area contributed by atoms with Crippen molar-refractivity contribution < 1.29 is 22.7 Å². The van der Waals surface area contributed by atoms with E-state index in [1.807, 2.05) is 44.2 Å². The normalized spacial score (nSPS) is 12.5. The van der Waals surface area contributed by atoms with Gasteiger partial charge in [-0.25, -0.2) is 8.42 Å². The van der Waals surface area contributed by atoms with Crippen molar-refractivity contribution in [1.82, 2.24) is 10.2 Å². The van der Waals surface area contributed by atoms with Crippen molar-refractivity contribution in [2.45, 2.75) is 50.2 Å². The number of rotatable bonds is 14. The molecule has 242 valence electrons. The molecule has 0 radical (unpaired) electrons. The largest absolute Gasteiger partial charge is 0.495 e. The third-order valence-electron chi connectivity index (χ3n) is 7.57. The summed E-state index contributed by atoms with van der Waals surface area (Å²) < 4.78 is 34.9. The average Bonchev–Trinajstić information content (AvgIpc) is 3.07. The maximum Gasteiger partial charge on any atom is 0.264 e. The lowest BCUT2D eigenvalue weighted by Crippen LogP contribution is -2.54. The van der Waals surface area contributed by atoms with Crippen molar-refractivity contribution in [3.05, 3.63) is 124 Å². The van der Waals surface area contributed by atoms with Crippen LogP contribution in [0.2, 0.25) is 10.0 Å². The molecule has 4 rings (SSSR count). The lowest BCUT2D eigenvalue weighted by Gasteiger charge is -2.34. The Morgan fingerprint density at radius 3 is 2.11 bits per heavy atom. The summed E-state index contributed by atoms with van der Waals surface area (Å²) in [6.07, 6.45) is 0.873. The summed E-state index contributed by atoms with van der Waals surface area (Å²) >= 11 is 12.5. The first-order valence-corrected chi connectivity index (χ1v) is 17.0. The van der Waals surface area contributed by atoms with E-state index in [0.717, 1.165) is 9.87 Å². The molecule has 4 aromatic rings. The number of nitrogens with one attached hydrogen (secondary N) is 1. The SMILES string of the molecule is CC[C@@H](C)NC(=O)[C@H](Cc1ccccc1)N(Cc1ccc(Cl)c(Cl)c1)C(=O)CN(c1ccccc1OC)S(=O)(=O)c1ccccc1. The van der Waals surface area contributed by atoms with E-state index in [9.17, 15) is 18.0 Å². The van der Waals surface area contributed by atoms with Gasteiger partial charge >= 0.3 is 0 Å². The Balaban J connectivity index is 1.84. The molecule has 4 aromatic carbocycles. The fourth-order valence-electron chi connectivity index (χ4n) is 4.90. The van der Waals surface area contributed by atoms with Gasteiger partial charge in [-0.1, -0.05) is 96.9 Å². The standard InChI is InChI=1S/C35H37Cl2N3O5S/c1-4-25(2)38-35(42)32(22-26-13-7-5-8-14-26)39(23-27-19-20-29(36)30(37)21-27)34(41)24-40(31-17-11-12-18-33(31)45-3)46(43,44)28-15-9-6-10-16-28/h5-21,25,32H,4,22-24H2,1-3H3,(H,38,42)/t25-,32+/m1/s1. The third kappa shape index (κ3) is 8.60. The number of halogens is 2. The van der Waals surface area contributed by atoms with Crippen molar-refractivity contribution in [3.63, 3.8) is 0 Å². The first-order valence-electron chi connectivity index (χ1n) is 14.8. The van der Waals surface area contributed by atoms with Gasteiger partial charge in [0, 0.05) is 19.0 Å². The van der Waals surface area contributed by atoms with E-state index < -0.39 is 28.5 Å². The Morgan fingerprint density at radius 1 is 0.848 bits per heavy atom. The summed E-state index contributed by atoms with van der Waals surface area (Å²) in [5.74, 6) is -0.695. The van der Waals surface area contributed by atoms with Crippen LogP contribution in [0.5, 0.6) is 5.75 Å². The predicted molar refractivity (Wildman–Crippen MR) is 183 cm³/mol. The van der Waals surface area contributed by atoms with Crippen LogP contribution in [-0.2, 0) is 32.6 Å². The highest BCUT2D eigenvalue weighted by atomic mass is 35.5. The summed E-state index contributed by atoms with van der Waals surface area (Å²) in [7, 11) is -2.83. The van der Waals surface area contributed by atoms with E-state index >= 15 is 0 Å². The summed E-state index contributed by atoms with van der Waals surface area (Å²) in [6.45, 7) is 3.20. The Labute approximate surface area is 280 Å². The molecule has 0 aliphatic heterocycles. The van der Waals surface area contributed by atoms with Crippen LogP contribution in [0, 0.1) is 0 Å². The van der Waals surface area contributed by atoms with E-state index in [-0.39, 0.29) is 46.3 Å². The van der Waals surface area contributed by atoms with Gasteiger partial charge in [0.15, 0.2) is 0 Å². The molecular weight excluding hydrogens is 645 g/mol. The van der Waals surface area contributed by atoms with Crippen LogP contribution in [0.25, 0.3) is 0 Å². The minimum Gasteiger partial charge on any atom is -0.495 e. The van der Waals surface area contributed by atoms with Crippen LogP contribution >= 0.6 is 23.2 Å². The van der Waals surface area contributed by atoms with E-state index in [2.05, 4.69) is 5.32 Å². The molecule has 0 aliphatic rings. The highest BCUT2D eigenvalue weighted by Gasteiger charge is 2.35. The number of benzene rings is 4. The minimum atomic E-state index is -4.26. The molecule has 0 saturated heterocycles. The molecule has 46 heavy (non-hydrogen) atoms. The van der Waals surface area contributed by atoms with E-state index in [1.54, 1.807) is 60.7 Å². The molecule has 0 fully saturated rings.